The van der Waals surface area contributed by atoms with Gasteiger partial charge in [-0.1, -0.05) is 18.2 Å². The Bertz CT molecular complexity index is 462. The highest BCUT2D eigenvalue weighted by atomic mass is 16.5. The number of piperidine rings is 1. The number of hydrazone groups is 1. The van der Waals surface area contributed by atoms with Gasteiger partial charge < -0.3 is 10.1 Å². The summed E-state index contributed by atoms with van der Waals surface area (Å²) < 4.78 is 5.38. The zero-order chi connectivity index (χ0) is 17.2. The first-order valence-corrected chi connectivity index (χ1v) is 10.1. The third-order valence-electron chi connectivity index (χ3n) is 5.22. The first-order chi connectivity index (χ1) is 12.4. The van der Waals surface area contributed by atoms with Crippen LogP contribution in [0.15, 0.2) is 28.9 Å². The monoisotopic (exact) mass is 346 g/mol. The van der Waals surface area contributed by atoms with Gasteiger partial charge in [-0.2, -0.15) is 5.10 Å². The van der Waals surface area contributed by atoms with Crippen molar-refractivity contribution in [3.05, 3.63) is 23.8 Å². The highest BCUT2D eigenvalue weighted by molar-refractivity contribution is 5.64. The molecule has 3 rings (SSSR count). The lowest BCUT2D eigenvalue weighted by Gasteiger charge is -2.26. The van der Waals surface area contributed by atoms with Crippen LogP contribution < -0.4 is 5.32 Å². The molecule has 1 atom stereocenters. The van der Waals surface area contributed by atoms with E-state index in [1.165, 1.54) is 37.8 Å². The molecular weight excluding hydrogens is 312 g/mol. The van der Waals surface area contributed by atoms with Crippen LogP contribution >= 0.6 is 0 Å². The third kappa shape index (κ3) is 6.92. The lowest BCUT2D eigenvalue weighted by molar-refractivity contribution is 0.0375. The fourth-order valence-electron chi connectivity index (χ4n) is 3.58. The van der Waals surface area contributed by atoms with Gasteiger partial charge >= 0.3 is 0 Å². The zero-order valence-electron chi connectivity index (χ0n) is 15.5. The van der Waals surface area contributed by atoms with Crippen molar-refractivity contribution in [2.24, 2.45) is 11.0 Å². The lowest BCUT2D eigenvalue weighted by Crippen LogP contribution is -2.37. The van der Waals surface area contributed by atoms with E-state index in [0.717, 1.165) is 58.9 Å². The topological polar surface area (TPSA) is 40.1 Å². The molecule has 25 heavy (non-hydrogen) atoms. The van der Waals surface area contributed by atoms with E-state index in [-0.39, 0.29) is 0 Å². The van der Waals surface area contributed by atoms with Crippen LogP contribution in [0.4, 0.5) is 0 Å². The van der Waals surface area contributed by atoms with Crippen molar-refractivity contribution in [3.63, 3.8) is 0 Å². The minimum absolute atomic E-state index is 0.465. The molecule has 0 amide bonds. The van der Waals surface area contributed by atoms with Crippen LogP contribution in [0.1, 0.15) is 32.1 Å². The minimum atomic E-state index is 0.465. The number of hydrogen-bond donors (Lipinski definition) is 1. The lowest BCUT2D eigenvalue weighted by atomic mass is 9.98. The number of rotatable bonds is 8. The molecule has 0 saturated carbocycles. The van der Waals surface area contributed by atoms with E-state index >= 15 is 0 Å². The normalized spacial score (nSPS) is 25.5. The molecule has 0 spiro atoms. The first-order valence-electron chi connectivity index (χ1n) is 10.1. The van der Waals surface area contributed by atoms with Gasteiger partial charge in [-0.25, -0.2) is 0 Å². The molecule has 2 heterocycles. The molecule has 1 unspecified atom stereocenters. The molecule has 2 aliphatic heterocycles. The van der Waals surface area contributed by atoms with Crippen LogP contribution in [0.5, 0.6) is 0 Å². The third-order valence-corrected chi connectivity index (χ3v) is 5.22. The maximum Gasteiger partial charge on any atom is 0.0594 e. The van der Waals surface area contributed by atoms with E-state index in [2.05, 4.69) is 44.8 Å². The summed E-state index contributed by atoms with van der Waals surface area (Å²) in [4.78, 5) is 2.50. The molecule has 0 aromatic heterocycles. The standard InChI is InChI=1S/C20H34N4O/c1-2-11-24(12-3-1)22-18-20-7-5-19(6-8-20)17-21-9-4-10-23-13-15-25-16-14-23/h5-7,18,20-21H,1-4,8-17H2/b22-18+. The van der Waals surface area contributed by atoms with Gasteiger partial charge in [0.05, 0.1) is 13.2 Å². The smallest absolute Gasteiger partial charge is 0.0594 e. The van der Waals surface area contributed by atoms with Gasteiger partial charge in [-0.05, 0) is 50.8 Å². The van der Waals surface area contributed by atoms with Crippen LogP contribution in [0.2, 0.25) is 0 Å². The maximum atomic E-state index is 5.38. The average Bonchev–Trinajstić information content (AvgIpc) is 2.69. The van der Waals surface area contributed by atoms with Crippen LogP contribution in [0.25, 0.3) is 0 Å². The number of hydrogen-bond acceptors (Lipinski definition) is 5. The summed E-state index contributed by atoms with van der Waals surface area (Å²) in [6.45, 7) is 9.48. The van der Waals surface area contributed by atoms with Crippen molar-refractivity contribution < 1.29 is 4.74 Å². The summed E-state index contributed by atoms with van der Waals surface area (Å²) in [6.07, 6.45) is 15.3. The quantitative estimate of drug-likeness (QED) is 0.541. The molecular formula is C20H34N4O. The molecule has 2 saturated heterocycles. The van der Waals surface area contributed by atoms with Crippen LogP contribution in [0.3, 0.4) is 0 Å². The van der Waals surface area contributed by atoms with Gasteiger partial charge in [0.2, 0.25) is 0 Å². The summed E-state index contributed by atoms with van der Waals surface area (Å²) in [6, 6.07) is 0. The van der Waals surface area contributed by atoms with Crippen molar-refractivity contribution in [1.29, 1.82) is 0 Å². The van der Waals surface area contributed by atoms with Crippen LogP contribution in [0, 0.1) is 5.92 Å². The summed E-state index contributed by atoms with van der Waals surface area (Å²) in [5.41, 5.74) is 1.41. The SMILES string of the molecule is C1=CC(/C=N/N2CCCCC2)CC=C1CNCCCN1CCOCC1. The fraction of sp³-hybridized carbons (Fsp3) is 0.750. The van der Waals surface area contributed by atoms with Gasteiger partial charge in [0.15, 0.2) is 0 Å². The van der Waals surface area contributed by atoms with Crippen molar-refractivity contribution in [1.82, 2.24) is 15.2 Å². The molecule has 2 fully saturated rings. The maximum absolute atomic E-state index is 5.38. The number of nitrogens with zero attached hydrogens (tertiary/aromatic N) is 3. The summed E-state index contributed by atoms with van der Waals surface area (Å²) in [5.74, 6) is 0.465. The van der Waals surface area contributed by atoms with Crippen molar-refractivity contribution in [3.8, 4) is 0 Å². The second-order valence-corrected chi connectivity index (χ2v) is 7.30. The van der Waals surface area contributed by atoms with E-state index in [4.69, 9.17) is 4.74 Å². The summed E-state index contributed by atoms with van der Waals surface area (Å²) >= 11 is 0. The Hall–Kier alpha value is -1.17. The largest absolute Gasteiger partial charge is 0.379 e. The minimum Gasteiger partial charge on any atom is -0.379 e. The number of ether oxygens (including phenoxy) is 1. The number of nitrogens with one attached hydrogen (secondary N) is 1. The number of allylic oxidation sites excluding steroid dienone is 2. The van der Waals surface area contributed by atoms with E-state index in [1.807, 2.05) is 0 Å². The summed E-state index contributed by atoms with van der Waals surface area (Å²) in [5, 5.41) is 10.5. The van der Waals surface area contributed by atoms with Crippen molar-refractivity contribution in [2.45, 2.75) is 32.1 Å². The first kappa shape index (κ1) is 18.6. The Balaban J connectivity index is 1.25. The van der Waals surface area contributed by atoms with Gasteiger partial charge in [0.25, 0.3) is 0 Å². The molecule has 140 valence electrons. The molecule has 0 aromatic rings. The molecule has 5 nitrogen and oxygen atoms in total. The Morgan fingerprint density at radius 2 is 2.00 bits per heavy atom. The predicted octanol–water partition coefficient (Wildman–Crippen LogP) is 2.27. The van der Waals surface area contributed by atoms with Crippen LogP contribution in [-0.4, -0.2) is 75.2 Å². The Labute approximate surface area is 152 Å². The molecule has 5 heteroatoms. The van der Waals surface area contributed by atoms with Gasteiger partial charge in [-0.3, -0.25) is 9.91 Å². The van der Waals surface area contributed by atoms with Crippen LogP contribution in [-0.2, 0) is 4.74 Å². The molecule has 3 aliphatic rings. The summed E-state index contributed by atoms with van der Waals surface area (Å²) in [7, 11) is 0. The Kier molecular flexibility index (Phi) is 8.00. The van der Waals surface area contributed by atoms with Gasteiger partial charge in [-0.15, -0.1) is 0 Å². The van der Waals surface area contributed by atoms with Crippen molar-refractivity contribution >= 4 is 6.21 Å². The van der Waals surface area contributed by atoms with Gasteiger partial charge in [0.1, 0.15) is 0 Å². The second kappa shape index (κ2) is 10.7. The van der Waals surface area contributed by atoms with E-state index in [1.54, 1.807) is 0 Å². The van der Waals surface area contributed by atoms with E-state index in [0.29, 0.717) is 5.92 Å². The van der Waals surface area contributed by atoms with E-state index in [9.17, 15) is 0 Å². The number of morpholine rings is 1. The zero-order valence-corrected chi connectivity index (χ0v) is 15.5. The van der Waals surface area contributed by atoms with Gasteiger partial charge in [0, 0.05) is 44.9 Å². The molecule has 0 aromatic carbocycles. The average molecular weight is 347 g/mol. The van der Waals surface area contributed by atoms with Crippen molar-refractivity contribution in [2.75, 3.05) is 59.0 Å². The molecule has 0 bridgehead atoms. The predicted molar refractivity (Wildman–Crippen MR) is 104 cm³/mol. The molecule has 1 N–H and O–H groups in total. The Morgan fingerprint density at radius 1 is 1.16 bits per heavy atom. The Morgan fingerprint density at radius 3 is 2.76 bits per heavy atom. The highest BCUT2D eigenvalue weighted by Gasteiger charge is 2.10. The highest BCUT2D eigenvalue weighted by Crippen LogP contribution is 2.15. The molecule has 0 radical (unpaired) electrons. The second-order valence-electron chi connectivity index (χ2n) is 7.30. The fourth-order valence-corrected chi connectivity index (χ4v) is 3.58. The van der Waals surface area contributed by atoms with E-state index < -0.39 is 0 Å². The molecule has 1 aliphatic carbocycles.